The molecule has 2 aromatic rings. The molecule has 0 unspecified atom stereocenters. The Morgan fingerprint density at radius 1 is 1.22 bits per heavy atom. The van der Waals surface area contributed by atoms with Gasteiger partial charge in [0.05, 0.1) is 6.33 Å². The van der Waals surface area contributed by atoms with E-state index in [1.54, 1.807) is 13.4 Å². The zero-order valence-corrected chi connectivity index (χ0v) is 11.0. The van der Waals surface area contributed by atoms with Crippen LogP contribution in [-0.2, 0) is 0 Å². The van der Waals surface area contributed by atoms with Gasteiger partial charge in [0, 0.05) is 13.6 Å². The molecule has 0 atom stereocenters. The van der Waals surface area contributed by atoms with E-state index in [2.05, 4.69) is 37.5 Å². The smallest absolute Gasteiger partial charge is 0.226 e. The molecular formula is C12H20N6. The Labute approximate surface area is 107 Å². The molecule has 0 aliphatic carbocycles. The molecule has 0 aliphatic rings. The van der Waals surface area contributed by atoms with Crippen molar-refractivity contribution in [3.63, 3.8) is 0 Å². The van der Waals surface area contributed by atoms with Crippen LogP contribution in [0, 0.1) is 0 Å². The summed E-state index contributed by atoms with van der Waals surface area (Å²) in [4.78, 5) is 15.9. The van der Waals surface area contributed by atoms with Crippen molar-refractivity contribution in [2.24, 2.45) is 0 Å². The highest BCUT2D eigenvalue weighted by atomic mass is 15.2. The number of aromatic nitrogens is 4. The Bertz CT molecular complexity index is 492. The van der Waals surface area contributed by atoms with Crippen molar-refractivity contribution in [1.82, 2.24) is 19.9 Å². The van der Waals surface area contributed by atoms with Crippen LogP contribution in [0.3, 0.4) is 0 Å². The lowest BCUT2D eigenvalue weighted by Gasteiger charge is -2.07. The Morgan fingerprint density at radius 3 is 2.89 bits per heavy atom. The summed E-state index contributed by atoms with van der Waals surface area (Å²) < 4.78 is 0. The lowest BCUT2D eigenvalue weighted by molar-refractivity contribution is 0.684. The molecule has 0 aliphatic heterocycles. The van der Waals surface area contributed by atoms with E-state index in [0.29, 0.717) is 11.6 Å². The molecule has 2 aromatic heterocycles. The molecule has 0 spiro atoms. The molecule has 98 valence electrons. The van der Waals surface area contributed by atoms with Gasteiger partial charge < -0.3 is 15.6 Å². The first-order valence-electron chi connectivity index (χ1n) is 6.48. The summed E-state index contributed by atoms with van der Waals surface area (Å²) in [5.74, 6) is 1.41. The van der Waals surface area contributed by atoms with Crippen molar-refractivity contribution in [3.8, 4) is 0 Å². The molecule has 0 radical (unpaired) electrons. The van der Waals surface area contributed by atoms with Gasteiger partial charge in [-0.3, -0.25) is 0 Å². The van der Waals surface area contributed by atoms with Gasteiger partial charge in [0.2, 0.25) is 5.95 Å². The highest BCUT2D eigenvalue weighted by molar-refractivity contribution is 5.83. The van der Waals surface area contributed by atoms with E-state index in [9.17, 15) is 0 Å². The van der Waals surface area contributed by atoms with Gasteiger partial charge in [0.1, 0.15) is 5.52 Å². The maximum Gasteiger partial charge on any atom is 0.226 e. The predicted octanol–water partition coefficient (Wildman–Crippen LogP) is 2.39. The van der Waals surface area contributed by atoms with Gasteiger partial charge in [-0.05, 0) is 6.42 Å². The van der Waals surface area contributed by atoms with Gasteiger partial charge in [-0.1, -0.05) is 26.2 Å². The molecule has 0 saturated heterocycles. The minimum absolute atomic E-state index is 0.589. The average molecular weight is 248 g/mol. The van der Waals surface area contributed by atoms with Gasteiger partial charge in [-0.2, -0.15) is 9.97 Å². The molecule has 6 nitrogen and oxygen atoms in total. The molecule has 0 fully saturated rings. The third-order valence-electron chi connectivity index (χ3n) is 2.83. The largest absolute Gasteiger partial charge is 0.368 e. The van der Waals surface area contributed by atoms with Crippen LogP contribution in [0.15, 0.2) is 6.33 Å². The number of hydrogen-bond acceptors (Lipinski definition) is 5. The van der Waals surface area contributed by atoms with Gasteiger partial charge in [0.15, 0.2) is 11.5 Å². The molecule has 0 amide bonds. The Hall–Kier alpha value is -1.85. The number of nitrogens with one attached hydrogen (secondary N) is 3. The van der Waals surface area contributed by atoms with E-state index in [4.69, 9.17) is 0 Å². The van der Waals surface area contributed by atoms with E-state index < -0.39 is 0 Å². The monoisotopic (exact) mass is 248 g/mol. The second-order valence-corrected chi connectivity index (χ2v) is 4.23. The fourth-order valence-electron chi connectivity index (χ4n) is 1.83. The second-order valence-electron chi connectivity index (χ2n) is 4.23. The Balaban J connectivity index is 2.04. The second kappa shape index (κ2) is 6.18. The average Bonchev–Trinajstić information content (AvgIpc) is 2.86. The minimum atomic E-state index is 0.589. The molecule has 2 rings (SSSR count). The van der Waals surface area contributed by atoms with Crippen LogP contribution in [0.1, 0.15) is 32.6 Å². The summed E-state index contributed by atoms with van der Waals surface area (Å²) in [6.07, 6.45) is 6.58. The first-order valence-corrected chi connectivity index (χ1v) is 6.48. The first kappa shape index (κ1) is 12.6. The fraction of sp³-hybridized carbons (Fsp3) is 0.583. The van der Waals surface area contributed by atoms with Gasteiger partial charge in [0.25, 0.3) is 0 Å². The summed E-state index contributed by atoms with van der Waals surface area (Å²) in [5.41, 5.74) is 1.55. The number of rotatable bonds is 7. The molecule has 2 heterocycles. The summed E-state index contributed by atoms with van der Waals surface area (Å²) in [7, 11) is 1.80. The van der Waals surface area contributed by atoms with E-state index in [1.807, 2.05) is 0 Å². The van der Waals surface area contributed by atoms with Crippen LogP contribution >= 0.6 is 0 Å². The maximum atomic E-state index is 4.40. The van der Waals surface area contributed by atoms with Crippen LogP contribution in [0.4, 0.5) is 11.8 Å². The van der Waals surface area contributed by atoms with Crippen molar-refractivity contribution in [1.29, 1.82) is 0 Å². The van der Waals surface area contributed by atoms with E-state index in [1.165, 1.54) is 19.3 Å². The van der Waals surface area contributed by atoms with Gasteiger partial charge in [-0.25, -0.2) is 4.98 Å². The number of hydrogen-bond donors (Lipinski definition) is 3. The first-order chi connectivity index (χ1) is 8.85. The quantitative estimate of drug-likeness (QED) is 0.656. The van der Waals surface area contributed by atoms with Crippen molar-refractivity contribution in [2.45, 2.75) is 32.6 Å². The minimum Gasteiger partial charge on any atom is -0.368 e. The van der Waals surface area contributed by atoms with E-state index in [0.717, 1.165) is 24.3 Å². The summed E-state index contributed by atoms with van der Waals surface area (Å²) in [6.45, 7) is 3.14. The zero-order valence-electron chi connectivity index (χ0n) is 11.0. The molecule has 6 heteroatoms. The fourth-order valence-corrected chi connectivity index (χ4v) is 1.83. The van der Waals surface area contributed by atoms with Crippen molar-refractivity contribution < 1.29 is 0 Å². The standard InChI is InChI=1S/C12H20N6/c1-3-4-5-6-7-14-10-9-11(16-8-15-9)18-12(13-2)17-10/h8H,3-7H2,1-2H3,(H3,13,14,15,16,17,18). The van der Waals surface area contributed by atoms with Crippen molar-refractivity contribution in [3.05, 3.63) is 6.33 Å². The van der Waals surface area contributed by atoms with Gasteiger partial charge in [-0.15, -0.1) is 0 Å². The normalized spacial score (nSPS) is 10.8. The third kappa shape index (κ3) is 2.88. The summed E-state index contributed by atoms with van der Waals surface area (Å²) in [5, 5.41) is 6.29. The predicted molar refractivity (Wildman–Crippen MR) is 73.9 cm³/mol. The number of unbranched alkanes of at least 4 members (excludes halogenated alkanes) is 3. The van der Waals surface area contributed by atoms with Crippen LogP contribution in [0.25, 0.3) is 11.2 Å². The number of nitrogens with zero attached hydrogens (tertiary/aromatic N) is 3. The number of anilines is 2. The Kier molecular flexibility index (Phi) is 4.33. The van der Waals surface area contributed by atoms with Crippen LogP contribution < -0.4 is 10.6 Å². The van der Waals surface area contributed by atoms with Crippen LogP contribution in [0.2, 0.25) is 0 Å². The van der Waals surface area contributed by atoms with Crippen molar-refractivity contribution in [2.75, 3.05) is 24.2 Å². The summed E-state index contributed by atoms with van der Waals surface area (Å²) >= 11 is 0. The van der Waals surface area contributed by atoms with Crippen LogP contribution in [0.5, 0.6) is 0 Å². The van der Waals surface area contributed by atoms with Gasteiger partial charge >= 0.3 is 0 Å². The third-order valence-corrected chi connectivity index (χ3v) is 2.83. The molecule has 18 heavy (non-hydrogen) atoms. The molecule has 0 aromatic carbocycles. The highest BCUT2D eigenvalue weighted by Crippen LogP contribution is 2.18. The number of imidazole rings is 1. The Morgan fingerprint density at radius 2 is 2.11 bits per heavy atom. The topological polar surface area (TPSA) is 78.5 Å². The van der Waals surface area contributed by atoms with Crippen LogP contribution in [-0.4, -0.2) is 33.5 Å². The van der Waals surface area contributed by atoms with E-state index >= 15 is 0 Å². The molecule has 0 bridgehead atoms. The highest BCUT2D eigenvalue weighted by Gasteiger charge is 2.08. The lowest BCUT2D eigenvalue weighted by atomic mass is 10.2. The summed E-state index contributed by atoms with van der Waals surface area (Å²) in [6, 6.07) is 0. The zero-order chi connectivity index (χ0) is 12.8. The number of fused-ring (bicyclic) bond motifs is 1. The molecule has 3 N–H and O–H groups in total. The lowest BCUT2D eigenvalue weighted by Crippen LogP contribution is -2.07. The molecule has 0 saturated carbocycles. The number of aromatic amines is 1. The molecular weight excluding hydrogens is 228 g/mol. The maximum absolute atomic E-state index is 4.40. The SMILES string of the molecule is CCCCCCNc1nc(NC)nc2nc[nH]c12. The number of H-pyrrole nitrogens is 1. The van der Waals surface area contributed by atoms with E-state index in [-0.39, 0.29) is 0 Å². The van der Waals surface area contributed by atoms with Crippen molar-refractivity contribution >= 4 is 22.9 Å².